The molecule has 27 heavy (non-hydrogen) atoms. The average Bonchev–Trinajstić information content (AvgIpc) is 3.32. The van der Waals surface area contributed by atoms with E-state index in [1.807, 2.05) is 22.9 Å². The van der Waals surface area contributed by atoms with Crippen LogP contribution in [-0.4, -0.2) is 24.0 Å². The van der Waals surface area contributed by atoms with E-state index in [4.69, 9.17) is 0 Å². The summed E-state index contributed by atoms with van der Waals surface area (Å²) in [4.78, 5) is 20.5. The predicted molar refractivity (Wildman–Crippen MR) is 118 cm³/mol. The van der Waals surface area contributed by atoms with Crippen molar-refractivity contribution in [2.75, 3.05) is 23.3 Å². The average molecular weight is 462 g/mol. The fraction of sp³-hybridized carbons (Fsp3) is 0.300. The largest absolute Gasteiger partial charge is 0.372 e. The molecule has 0 aliphatic carbocycles. The first kappa shape index (κ1) is 18.7. The lowest BCUT2D eigenvalue weighted by molar-refractivity contribution is -0.115. The Balaban J connectivity index is 1.34. The second-order valence-corrected chi connectivity index (χ2v) is 9.28. The van der Waals surface area contributed by atoms with Crippen molar-refractivity contribution in [2.24, 2.45) is 0 Å². The highest BCUT2D eigenvalue weighted by Gasteiger charge is 2.12. The molecule has 1 fully saturated rings. The second-order valence-electron chi connectivity index (χ2n) is 6.59. The summed E-state index contributed by atoms with van der Waals surface area (Å²) >= 11 is 6.69. The number of thiophene rings is 1. The van der Waals surface area contributed by atoms with Gasteiger partial charge in [0.15, 0.2) is 0 Å². The van der Waals surface area contributed by atoms with Crippen LogP contribution < -0.4 is 10.2 Å². The highest BCUT2D eigenvalue weighted by Crippen LogP contribution is 2.32. The molecule has 1 N–H and O–H groups in total. The second kappa shape index (κ2) is 8.54. The summed E-state index contributed by atoms with van der Waals surface area (Å²) in [5.41, 5.74) is 2.87. The molecule has 1 saturated heterocycles. The summed E-state index contributed by atoms with van der Waals surface area (Å²) in [6.45, 7) is 2.25. The molecule has 0 atom stereocenters. The Morgan fingerprint density at radius 3 is 2.59 bits per heavy atom. The van der Waals surface area contributed by atoms with E-state index in [1.54, 1.807) is 22.7 Å². The molecule has 7 heteroatoms. The number of carbonyl (C=O) groups is 1. The lowest BCUT2D eigenvalue weighted by atomic mass is 10.1. The molecule has 140 valence electrons. The van der Waals surface area contributed by atoms with E-state index >= 15 is 0 Å². The summed E-state index contributed by atoms with van der Waals surface area (Å²) in [5, 5.41) is 7.93. The molecule has 0 bridgehead atoms. The molecule has 0 spiro atoms. The minimum Gasteiger partial charge on any atom is -0.372 e. The van der Waals surface area contributed by atoms with Crippen molar-refractivity contribution in [1.29, 1.82) is 0 Å². The highest BCUT2D eigenvalue weighted by molar-refractivity contribution is 9.10. The van der Waals surface area contributed by atoms with Gasteiger partial charge in [-0.2, -0.15) is 0 Å². The first-order chi connectivity index (χ1) is 13.2. The lowest BCUT2D eigenvalue weighted by Crippen LogP contribution is -2.29. The lowest BCUT2D eigenvalue weighted by Gasteiger charge is -2.28. The van der Waals surface area contributed by atoms with Crippen molar-refractivity contribution < 1.29 is 4.79 Å². The van der Waals surface area contributed by atoms with Crippen LogP contribution in [0.2, 0.25) is 0 Å². The van der Waals surface area contributed by atoms with Crippen molar-refractivity contribution in [3.63, 3.8) is 0 Å². The van der Waals surface area contributed by atoms with Gasteiger partial charge in [0.1, 0.15) is 5.01 Å². The molecular formula is C20H20BrN3OS2. The van der Waals surface area contributed by atoms with Crippen molar-refractivity contribution in [3.05, 3.63) is 51.3 Å². The molecule has 0 saturated carbocycles. The predicted octanol–water partition coefficient (Wildman–Crippen LogP) is 5.81. The van der Waals surface area contributed by atoms with Crippen LogP contribution >= 0.6 is 38.6 Å². The van der Waals surface area contributed by atoms with Crippen molar-refractivity contribution in [2.45, 2.75) is 25.7 Å². The number of piperidine rings is 1. The molecule has 1 amide bonds. The summed E-state index contributed by atoms with van der Waals surface area (Å²) < 4.78 is 1.06. The van der Waals surface area contributed by atoms with Gasteiger partial charge >= 0.3 is 0 Å². The third kappa shape index (κ3) is 4.78. The van der Waals surface area contributed by atoms with Crippen LogP contribution in [0.15, 0.2) is 45.6 Å². The summed E-state index contributed by atoms with van der Waals surface area (Å²) in [6.07, 6.45) is 4.14. The molecule has 4 nitrogen and oxygen atoms in total. The number of aromatic nitrogens is 1. The molecule has 1 aromatic carbocycles. The van der Waals surface area contributed by atoms with Gasteiger partial charge in [0.25, 0.3) is 0 Å². The zero-order valence-electron chi connectivity index (χ0n) is 14.8. The summed E-state index contributed by atoms with van der Waals surface area (Å²) in [5.74, 6) is -0.0371. The van der Waals surface area contributed by atoms with Gasteiger partial charge in [-0.25, -0.2) is 4.98 Å². The summed E-state index contributed by atoms with van der Waals surface area (Å²) in [7, 11) is 0. The van der Waals surface area contributed by atoms with E-state index in [1.165, 1.54) is 24.9 Å². The number of halogens is 1. The minimum absolute atomic E-state index is 0.0371. The zero-order valence-corrected chi connectivity index (χ0v) is 18.0. The number of nitrogens with one attached hydrogen (secondary N) is 1. The summed E-state index contributed by atoms with van der Waals surface area (Å²) in [6, 6.07) is 10.2. The van der Waals surface area contributed by atoms with E-state index in [9.17, 15) is 4.79 Å². The number of benzene rings is 1. The van der Waals surface area contributed by atoms with Crippen LogP contribution in [-0.2, 0) is 11.2 Å². The molecular weight excluding hydrogens is 442 g/mol. The number of carbonyl (C=O) groups excluding carboxylic acids is 1. The number of thiazole rings is 1. The van der Waals surface area contributed by atoms with Crippen molar-refractivity contribution >= 4 is 55.9 Å². The van der Waals surface area contributed by atoms with Gasteiger partial charge in [0, 0.05) is 39.7 Å². The fourth-order valence-electron chi connectivity index (χ4n) is 3.20. The molecule has 1 aliphatic rings. The zero-order chi connectivity index (χ0) is 18.6. The van der Waals surface area contributed by atoms with E-state index in [0.29, 0.717) is 0 Å². The minimum atomic E-state index is -0.0371. The fourth-order valence-corrected chi connectivity index (χ4v) is 5.53. The highest BCUT2D eigenvalue weighted by atomic mass is 79.9. The third-order valence-corrected chi connectivity index (χ3v) is 7.30. The van der Waals surface area contributed by atoms with Crippen LogP contribution in [0.3, 0.4) is 0 Å². The Hall–Kier alpha value is -1.70. The van der Waals surface area contributed by atoms with Crippen LogP contribution in [0.5, 0.6) is 0 Å². The Morgan fingerprint density at radius 2 is 1.89 bits per heavy atom. The van der Waals surface area contributed by atoms with Gasteiger partial charge in [-0.15, -0.1) is 22.7 Å². The molecule has 0 radical (unpaired) electrons. The Bertz CT molecular complexity index is 913. The molecule has 3 heterocycles. The van der Waals surface area contributed by atoms with Gasteiger partial charge in [0.05, 0.1) is 17.0 Å². The first-order valence-electron chi connectivity index (χ1n) is 9.01. The van der Waals surface area contributed by atoms with E-state index in [0.717, 1.165) is 38.8 Å². The molecule has 0 unspecified atom stereocenters. The van der Waals surface area contributed by atoms with Crippen LogP contribution in [0.4, 0.5) is 11.4 Å². The SMILES string of the molecule is O=C(Cc1csc(-c2cc(Br)cs2)n1)Nc1ccc(N2CCCCC2)cc1. The van der Waals surface area contributed by atoms with Crippen LogP contribution in [0.25, 0.3) is 9.88 Å². The number of rotatable bonds is 5. The van der Waals surface area contributed by atoms with Gasteiger partial charge in [-0.1, -0.05) is 0 Å². The number of hydrogen-bond acceptors (Lipinski definition) is 5. The van der Waals surface area contributed by atoms with Gasteiger partial charge in [-0.05, 0) is 65.5 Å². The first-order valence-corrected chi connectivity index (χ1v) is 11.6. The monoisotopic (exact) mass is 461 g/mol. The maximum Gasteiger partial charge on any atom is 0.230 e. The number of hydrogen-bond donors (Lipinski definition) is 1. The topological polar surface area (TPSA) is 45.2 Å². The molecule has 4 rings (SSSR count). The van der Waals surface area contributed by atoms with E-state index < -0.39 is 0 Å². The molecule has 2 aromatic heterocycles. The van der Waals surface area contributed by atoms with Crippen molar-refractivity contribution in [1.82, 2.24) is 4.98 Å². The van der Waals surface area contributed by atoms with Gasteiger partial charge in [0.2, 0.25) is 5.91 Å². The van der Waals surface area contributed by atoms with Crippen LogP contribution in [0.1, 0.15) is 25.0 Å². The standard InChI is InChI=1S/C20H20BrN3OS2/c21-14-10-18(26-12-14)20-23-16(13-27-20)11-19(25)22-15-4-6-17(7-5-15)24-8-2-1-3-9-24/h4-7,10,12-13H,1-3,8-9,11H2,(H,22,25). The number of amides is 1. The molecule has 3 aromatic rings. The third-order valence-electron chi connectivity index (χ3n) is 4.54. The Kier molecular flexibility index (Phi) is 5.90. The maximum atomic E-state index is 12.4. The van der Waals surface area contributed by atoms with E-state index in [-0.39, 0.29) is 12.3 Å². The van der Waals surface area contributed by atoms with Gasteiger partial charge in [-0.3, -0.25) is 4.79 Å². The Morgan fingerprint density at radius 1 is 1.11 bits per heavy atom. The smallest absolute Gasteiger partial charge is 0.230 e. The maximum absolute atomic E-state index is 12.4. The number of anilines is 2. The van der Waals surface area contributed by atoms with Crippen molar-refractivity contribution in [3.8, 4) is 9.88 Å². The number of nitrogens with zero attached hydrogens (tertiary/aromatic N) is 2. The normalized spacial score (nSPS) is 14.3. The van der Waals surface area contributed by atoms with Crippen LogP contribution in [0, 0.1) is 0 Å². The van der Waals surface area contributed by atoms with Gasteiger partial charge < -0.3 is 10.2 Å². The molecule has 1 aliphatic heterocycles. The van der Waals surface area contributed by atoms with E-state index in [2.05, 4.69) is 49.3 Å². The Labute approximate surface area is 175 Å². The quantitative estimate of drug-likeness (QED) is 0.521.